The molecule has 2 atom stereocenters. The van der Waals surface area contributed by atoms with Crippen molar-refractivity contribution in [2.75, 3.05) is 10.7 Å². The molecule has 0 bridgehead atoms. The second-order valence-electron chi connectivity index (χ2n) is 10.9. The number of aryl methyl sites for hydroxylation is 3. The maximum atomic E-state index is 12.4. The fourth-order valence-corrected chi connectivity index (χ4v) is 6.50. The summed E-state index contributed by atoms with van der Waals surface area (Å²) in [4.78, 5) is 11.1. The van der Waals surface area contributed by atoms with Gasteiger partial charge in [0, 0.05) is 29.2 Å². The van der Waals surface area contributed by atoms with E-state index in [1.54, 1.807) is 36.0 Å². The molecule has 9 nitrogen and oxygen atoms in total. The number of nitrogens with zero attached hydrogens (tertiary/aromatic N) is 6. The number of halogens is 3. The van der Waals surface area contributed by atoms with Crippen LogP contribution >= 0.6 is 11.8 Å². The van der Waals surface area contributed by atoms with E-state index < -0.39 is 12.7 Å². The number of aliphatic hydroxyl groups excluding tert-OH is 1. The minimum atomic E-state index is -4.77. The molecule has 4 aromatic rings. The maximum absolute atomic E-state index is 12.4. The van der Waals surface area contributed by atoms with Crippen LogP contribution in [0.4, 0.5) is 18.9 Å². The van der Waals surface area contributed by atoms with Crippen LogP contribution in [0.1, 0.15) is 35.6 Å². The number of nitrogens with one attached hydrogen (secondary N) is 1. The standard InChI is InChI=1S/C33H32F3N7O2S/c1-20-15-21(2)29(22(3)16-20)43-23(4)13-14-46-32(43)40-31(44)38-18-26(17-37)24-5-7-25(8-6-24)30-39-19-42(41-30)27-9-11-28(12-10-27)45-33(34,35)36/h5-12,15-16,18-19,23,31,38,44H,13-14H2,1-4H3/b26-18+,40-32-. The van der Waals surface area contributed by atoms with Gasteiger partial charge in [-0.15, -0.1) is 18.3 Å². The molecule has 2 heterocycles. The second-order valence-corrected chi connectivity index (χ2v) is 11.9. The number of thioether (sulfide) groups is 1. The van der Waals surface area contributed by atoms with E-state index in [0.717, 1.165) is 29.0 Å². The second kappa shape index (κ2) is 13.7. The molecule has 5 rings (SSSR count). The van der Waals surface area contributed by atoms with Gasteiger partial charge >= 0.3 is 6.36 Å². The van der Waals surface area contributed by atoms with E-state index >= 15 is 0 Å². The lowest BCUT2D eigenvalue weighted by molar-refractivity contribution is -0.274. The molecule has 1 aliphatic heterocycles. The van der Waals surface area contributed by atoms with Gasteiger partial charge in [-0.05, 0) is 75.1 Å². The van der Waals surface area contributed by atoms with Gasteiger partial charge in [-0.2, -0.15) is 5.26 Å². The molecule has 0 amide bonds. The van der Waals surface area contributed by atoms with Gasteiger partial charge in [0.05, 0.1) is 11.3 Å². The van der Waals surface area contributed by atoms with E-state index in [1.165, 1.54) is 47.0 Å². The van der Waals surface area contributed by atoms with E-state index in [1.807, 2.05) is 0 Å². The normalized spacial score (nSPS) is 17.1. The summed E-state index contributed by atoms with van der Waals surface area (Å²) < 4.78 is 42.7. The van der Waals surface area contributed by atoms with Crippen LogP contribution in [-0.4, -0.2) is 49.5 Å². The number of aromatic nitrogens is 3. The monoisotopic (exact) mass is 647 g/mol. The van der Waals surface area contributed by atoms with Crippen LogP contribution in [-0.2, 0) is 0 Å². The van der Waals surface area contributed by atoms with Crippen LogP contribution in [0, 0.1) is 32.1 Å². The van der Waals surface area contributed by atoms with Crippen LogP contribution < -0.4 is 15.0 Å². The van der Waals surface area contributed by atoms with Crippen molar-refractivity contribution < 1.29 is 23.0 Å². The minimum absolute atomic E-state index is 0.204. The Labute approximate surface area is 269 Å². The van der Waals surface area contributed by atoms with Crippen molar-refractivity contribution in [3.63, 3.8) is 0 Å². The van der Waals surface area contributed by atoms with Crippen molar-refractivity contribution in [1.29, 1.82) is 5.26 Å². The van der Waals surface area contributed by atoms with Crippen LogP contribution in [0.5, 0.6) is 5.75 Å². The molecule has 2 N–H and O–H groups in total. The zero-order chi connectivity index (χ0) is 33.0. The Balaban J connectivity index is 1.28. The molecule has 0 radical (unpaired) electrons. The summed E-state index contributed by atoms with van der Waals surface area (Å²) in [7, 11) is 0. The topological polar surface area (TPSA) is 112 Å². The summed E-state index contributed by atoms with van der Waals surface area (Å²) in [6, 6.07) is 18.9. The van der Waals surface area contributed by atoms with Crippen LogP contribution in [0.25, 0.3) is 22.6 Å². The quantitative estimate of drug-likeness (QED) is 0.157. The van der Waals surface area contributed by atoms with Gasteiger partial charge in [0.15, 0.2) is 11.0 Å². The zero-order valence-electron chi connectivity index (χ0n) is 25.6. The van der Waals surface area contributed by atoms with Crippen LogP contribution in [0.3, 0.4) is 0 Å². The van der Waals surface area contributed by atoms with Crippen molar-refractivity contribution in [1.82, 2.24) is 20.1 Å². The van der Waals surface area contributed by atoms with E-state index in [0.29, 0.717) is 27.8 Å². The molecule has 1 aliphatic rings. The number of benzene rings is 3. The lowest BCUT2D eigenvalue weighted by atomic mass is 10.0. The zero-order valence-corrected chi connectivity index (χ0v) is 26.4. The molecule has 0 spiro atoms. The molecule has 46 heavy (non-hydrogen) atoms. The molecule has 1 saturated heterocycles. The minimum Gasteiger partial charge on any atom is -0.406 e. The van der Waals surface area contributed by atoms with Crippen molar-refractivity contribution in [2.24, 2.45) is 4.99 Å². The van der Waals surface area contributed by atoms with Gasteiger partial charge < -0.3 is 20.1 Å². The fraction of sp³-hybridized carbons (Fsp3) is 0.273. The first-order chi connectivity index (χ1) is 21.9. The Bertz CT molecular complexity index is 1770. The first-order valence-electron chi connectivity index (χ1n) is 14.4. The summed E-state index contributed by atoms with van der Waals surface area (Å²) >= 11 is 1.59. The number of aliphatic imine (C=N–C) groups is 1. The highest BCUT2D eigenvalue weighted by molar-refractivity contribution is 8.14. The number of hydrogen-bond acceptors (Lipinski definition) is 8. The number of rotatable bonds is 8. The Kier molecular flexibility index (Phi) is 9.69. The average molecular weight is 648 g/mol. The van der Waals surface area contributed by atoms with Crippen LogP contribution in [0.15, 0.2) is 78.2 Å². The number of nitriles is 1. The van der Waals surface area contributed by atoms with Crippen molar-refractivity contribution in [3.8, 4) is 28.9 Å². The molecule has 3 aromatic carbocycles. The van der Waals surface area contributed by atoms with E-state index in [-0.39, 0.29) is 17.4 Å². The van der Waals surface area contributed by atoms with Crippen LogP contribution in [0.2, 0.25) is 0 Å². The van der Waals surface area contributed by atoms with Crippen molar-refractivity contribution >= 4 is 28.2 Å². The smallest absolute Gasteiger partial charge is 0.406 e. The van der Waals surface area contributed by atoms with E-state index in [4.69, 9.17) is 0 Å². The Hall–Kier alpha value is -4.80. The van der Waals surface area contributed by atoms with Gasteiger partial charge in [0.25, 0.3) is 0 Å². The molecule has 13 heteroatoms. The molecule has 1 aromatic heterocycles. The Morgan fingerprint density at radius 2 is 1.80 bits per heavy atom. The summed E-state index contributed by atoms with van der Waals surface area (Å²) in [6.45, 7) is 8.40. The number of allylic oxidation sites excluding steroid dienone is 1. The number of alkyl halides is 3. The molecule has 1 fully saturated rings. The van der Waals surface area contributed by atoms with Gasteiger partial charge in [-0.25, -0.2) is 14.7 Å². The molecule has 0 saturated carbocycles. The number of amidine groups is 1. The summed E-state index contributed by atoms with van der Waals surface area (Å²) in [5, 5.41) is 28.6. The fourth-order valence-electron chi connectivity index (χ4n) is 5.27. The molecule has 238 valence electrons. The summed E-state index contributed by atoms with van der Waals surface area (Å²) in [6.07, 6.45) is -2.17. The third-order valence-electron chi connectivity index (χ3n) is 7.30. The Morgan fingerprint density at radius 1 is 1.13 bits per heavy atom. The van der Waals surface area contributed by atoms with Crippen molar-refractivity contribution in [2.45, 2.75) is 52.9 Å². The molecule has 0 aliphatic carbocycles. The third-order valence-corrected chi connectivity index (χ3v) is 8.30. The van der Waals surface area contributed by atoms with E-state index in [9.17, 15) is 23.5 Å². The molecular formula is C33H32F3N7O2S. The van der Waals surface area contributed by atoms with E-state index in [2.05, 4.69) is 75.9 Å². The number of hydrogen-bond donors (Lipinski definition) is 2. The molecule has 2 unspecified atom stereocenters. The lowest BCUT2D eigenvalue weighted by Crippen LogP contribution is -2.43. The largest absolute Gasteiger partial charge is 0.573 e. The van der Waals surface area contributed by atoms with Gasteiger partial charge in [-0.3, -0.25) is 0 Å². The molecular weight excluding hydrogens is 615 g/mol. The lowest BCUT2D eigenvalue weighted by Gasteiger charge is -2.38. The number of anilines is 1. The summed E-state index contributed by atoms with van der Waals surface area (Å²) in [5.74, 6) is 0.937. The van der Waals surface area contributed by atoms with Crippen molar-refractivity contribution in [3.05, 3.63) is 95.4 Å². The highest BCUT2D eigenvalue weighted by Crippen LogP contribution is 2.35. The average Bonchev–Trinajstić information content (AvgIpc) is 3.49. The van der Waals surface area contributed by atoms with Gasteiger partial charge in [0.2, 0.25) is 6.35 Å². The SMILES string of the molecule is Cc1cc(C)c(N2/C(=N/C(O)N/C=C(\C#N)c3ccc(-c4ncn(-c5ccc(OC(F)(F)F)cc5)n4)cc3)SCCC2C)c(C)c1. The first kappa shape index (κ1) is 32.6. The first-order valence-corrected chi connectivity index (χ1v) is 15.4. The predicted octanol–water partition coefficient (Wildman–Crippen LogP) is 6.88. The highest BCUT2D eigenvalue weighted by atomic mass is 32.2. The highest BCUT2D eigenvalue weighted by Gasteiger charge is 2.31. The number of aliphatic hydroxyl groups is 1. The summed E-state index contributed by atoms with van der Waals surface area (Å²) in [5.41, 5.74) is 6.64. The maximum Gasteiger partial charge on any atom is 0.573 e. The third kappa shape index (κ3) is 7.70. The van der Waals surface area contributed by atoms with Gasteiger partial charge in [0.1, 0.15) is 18.1 Å². The number of ether oxygens (including phenoxy) is 1. The van der Waals surface area contributed by atoms with Gasteiger partial charge in [-0.1, -0.05) is 53.7 Å². The predicted molar refractivity (Wildman–Crippen MR) is 173 cm³/mol. The Morgan fingerprint density at radius 3 is 2.43 bits per heavy atom.